The molecule has 1 atom stereocenters. The Balaban J connectivity index is 1.54. The lowest BCUT2D eigenvalue weighted by atomic mass is 10.0. The van der Waals surface area contributed by atoms with E-state index in [0.29, 0.717) is 17.4 Å². The Morgan fingerprint density at radius 2 is 1.71 bits per heavy atom. The van der Waals surface area contributed by atoms with Gasteiger partial charge in [-0.2, -0.15) is 5.10 Å². The Kier molecular flexibility index (Phi) is 8.76. The number of halogens is 2. The molecule has 3 rings (SSSR count). The van der Waals surface area contributed by atoms with Gasteiger partial charge in [0.15, 0.2) is 0 Å². The van der Waals surface area contributed by atoms with Gasteiger partial charge in [-0.15, -0.1) is 0 Å². The van der Waals surface area contributed by atoms with E-state index in [1.807, 2.05) is 24.3 Å². The summed E-state index contributed by atoms with van der Waals surface area (Å²) in [6, 6.07) is 19.3. The molecule has 0 spiro atoms. The van der Waals surface area contributed by atoms with Crippen molar-refractivity contribution < 1.29 is 18.7 Å². The first kappa shape index (κ1) is 24.9. The van der Waals surface area contributed by atoms with Crippen LogP contribution in [0.5, 0.6) is 5.75 Å². The molecule has 3 aromatic rings. The van der Waals surface area contributed by atoms with Crippen molar-refractivity contribution in [2.75, 3.05) is 0 Å². The molecule has 34 heavy (non-hydrogen) atoms. The van der Waals surface area contributed by atoms with Gasteiger partial charge in [0.1, 0.15) is 24.2 Å². The zero-order chi connectivity index (χ0) is 24.5. The van der Waals surface area contributed by atoms with Crippen molar-refractivity contribution in [1.29, 1.82) is 0 Å². The second kappa shape index (κ2) is 12.0. The molecule has 176 valence electrons. The molecule has 1 unspecified atom stereocenters. The van der Waals surface area contributed by atoms with Crippen molar-refractivity contribution in [2.24, 2.45) is 11.0 Å². The molecule has 0 aliphatic rings. The molecule has 0 fully saturated rings. The summed E-state index contributed by atoms with van der Waals surface area (Å²) < 4.78 is 19.6. The molecule has 0 aromatic heterocycles. The van der Waals surface area contributed by atoms with E-state index in [4.69, 9.17) is 16.3 Å². The Morgan fingerprint density at radius 1 is 1.03 bits per heavy atom. The van der Waals surface area contributed by atoms with Crippen LogP contribution in [0.3, 0.4) is 0 Å². The Morgan fingerprint density at radius 3 is 2.38 bits per heavy atom. The number of hydrazone groups is 1. The smallest absolute Gasteiger partial charge is 0.262 e. The van der Waals surface area contributed by atoms with Crippen LogP contribution in [0.1, 0.15) is 35.3 Å². The van der Waals surface area contributed by atoms with Crippen LogP contribution in [0.4, 0.5) is 4.39 Å². The maximum Gasteiger partial charge on any atom is 0.262 e. The highest BCUT2D eigenvalue weighted by Crippen LogP contribution is 2.18. The van der Waals surface area contributed by atoms with Crippen molar-refractivity contribution in [3.05, 3.63) is 100 Å². The van der Waals surface area contributed by atoms with Crippen molar-refractivity contribution >= 4 is 29.6 Å². The lowest BCUT2D eigenvalue weighted by Crippen LogP contribution is -2.48. The highest BCUT2D eigenvalue weighted by Gasteiger charge is 2.25. The quantitative estimate of drug-likeness (QED) is 0.335. The molecule has 0 bridgehead atoms. The van der Waals surface area contributed by atoms with Gasteiger partial charge in [-0.1, -0.05) is 55.8 Å². The van der Waals surface area contributed by atoms with Crippen LogP contribution in [-0.4, -0.2) is 24.1 Å². The molecule has 0 saturated carbocycles. The van der Waals surface area contributed by atoms with Crippen molar-refractivity contribution in [3.8, 4) is 5.75 Å². The van der Waals surface area contributed by atoms with Crippen LogP contribution in [0.15, 0.2) is 77.9 Å². The number of benzene rings is 3. The normalized spacial score (nSPS) is 11.9. The third kappa shape index (κ3) is 6.89. The largest absolute Gasteiger partial charge is 0.489 e. The highest BCUT2D eigenvalue weighted by atomic mass is 35.5. The van der Waals surface area contributed by atoms with E-state index in [1.54, 1.807) is 44.2 Å². The predicted molar refractivity (Wildman–Crippen MR) is 130 cm³/mol. The second-order valence-electron chi connectivity index (χ2n) is 7.86. The lowest BCUT2D eigenvalue weighted by Gasteiger charge is -2.20. The van der Waals surface area contributed by atoms with E-state index < -0.39 is 23.7 Å². The molecule has 0 aliphatic heterocycles. The van der Waals surface area contributed by atoms with Gasteiger partial charge in [0.05, 0.1) is 11.8 Å². The van der Waals surface area contributed by atoms with Gasteiger partial charge in [0.25, 0.3) is 11.8 Å². The van der Waals surface area contributed by atoms with E-state index in [-0.39, 0.29) is 11.5 Å². The summed E-state index contributed by atoms with van der Waals surface area (Å²) in [4.78, 5) is 24.9. The number of nitrogens with zero attached hydrogens (tertiary/aromatic N) is 1. The third-order valence-corrected chi connectivity index (χ3v) is 5.34. The summed E-state index contributed by atoms with van der Waals surface area (Å²) in [7, 11) is 0. The summed E-state index contributed by atoms with van der Waals surface area (Å²) in [5.74, 6) is -1.39. The summed E-state index contributed by atoms with van der Waals surface area (Å²) in [6.07, 6.45) is 1.48. The average Bonchev–Trinajstić information content (AvgIpc) is 2.82. The van der Waals surface area contributed by atoms with E-state index >= 15 is 0 Å². The Bertz CT molecular complexity index is 1170. The van der Waals surface area contributed by atoms with Gasteiger partial charge >= 0.3 is 0 Å². The molecule has 2 amide bonds. The summed E-state index contributed by atoms with van der Waals surface area (Å²) in [6.45, 7) is 3.90. The minimum absolute atomic E-state index is 0.124. The fourth-order valence-corrected chi connectivity index (χ4v) is 3.26. The maximum absolute atomic E-state index is 13.9. The zero-order valence-corrected chi connectivity index (χ0v) is 19.6. The van der Waals surface area contributed by atoms with Gasteiger partial charge in [0, 0.05) is 10.6 Å². The molecule has 0 heterocycles. The van der Waals surface area contributed by atoms with Gasteiger partial charge in [-0.25, -0.2) is 9.82 Å². The van der Waals surface area contributed by atoms with Crippen LogP contribution >= 0.6 is 11.6 Å². The fraction of sp³-hybridized carbons (Fsp3) is 0.192. The monoisotopic (exact) mass is 481 g/mol. The average molecular weight is 482 g/mol. The molecule has 6 nitrogen and oxygen atoms in total. The first-order valence-corrected chi connectivity index (χ1v) is 11.1. The minimum atomic E-state index is -0.884. The minimum Gasteiger partial charge on any atom is -0.489 e. The molecule has 0 radical (unpaired) electrons. The molecule has 2 N–H and O–H groups in total. The predicted octanol–water partition coefficient (Wildman–Crippen LogP) is 4.96. The third-order valence-electron chi connectivity index (χ3n) is 4.97. The van der Waals surface area contributed by atoms with Crippen LogP contribution in [0, 0.1) is 11.7 Å². The number of hydrogen-bond acceptors (Lipinski definition) is 4. The van der Waals surface area contributed by atoms with Gasteiger partial charge in [-0.3, -0.25) is 9.59 Å². The molecule has 0 saturated heterocycles. The number of nitrogens with one attached hydrogen (secondary N) is 2. The van der Waals surface area contributed by atoms with E-state index in [9.17, 15) is 14.0 Å². The summed E-state index contributed by atoms with van der Waals surface area (Å²) >= 11 is 6.13. The number of hydrogen-bond donors (Lipinski definition) is 2. The van der Waals surface area contributed by atoms with E-state index in [0.717, 1.165) is 11.1 Å². The second-order valence-corrected chi connectivity index (χ2v) is 8.27. The van der Waals surface area contributed by atoms with Crippen molar-refractivity contribution in [2.45, 2.75) is 26.5 Å². The van der Waals surface area contributed by atoms with Gasteiger partial charge in [0.2, 0.25) is 0 Å². The highest BCUT2D eigenvalue weighted by molar-refractivity contribution is 6.31. The van der Waals surface area contributed by atoms with Crippen LogP contribution < -0.4 is 15.5 Å². The van der Waals surface area contributed by atoms with Crippen molar-refractivity contribution in [1.82, 2.24) is 10.7 Å². The molecule has 0 aliphatic carbocycles. The topological polar surface area (TPSA) is 79.8 Å². The SMILES string of the molecule is CC(C)C(NC(=O)c1ccccc1F)C(=O)N/N=C/c1ccc(OCc2ccccc2Cl)cc1. The maximum atomic E-state index is 13.9. The molecular formula is C26H25ClFN3O3. The van der Waals surface area contributed by atoms with Crippen molar-refractivity contribution in [3.63, 3.8) is 0 Å². The number of carbonyl (C=O) groups is 2. The summed E-state index contributed by atoms with van der Waals surface area (Å²) in [5, 5.41) is 7.18. The zero-order valence-electron chi connectivity index (χ0n) is 18.8. The standard InChI is InChI=1S/C26H25ClFN3O3/c1-17(2)24(30-25(32)21-8-4-6-10-23(21)28)26(33)31-29-15-18-11-13-20(14-12-18)34-16-19-7-3-5-9-22(19)27/h3-15,17,24H,16H2,1-2H3,(H,30,32)(H,31,33)/b29-15+. The molecular weight excluding hydrogens is 457 g/mol. The van der Waals surface area contributed by atoms with Crippen LogP contribution in [-0.2, 0) is 11.4 Å². The van der Waals surface area contributed by atoms with E-state index in [2.05, 4.69) is 15.8 Å². The number of ether oxygens (including phenoxy) is 1. The Hall–Kier alpha value is -3.71. The van der Waals surface area contributed by atoms with Gasteiger partial charge < -0.3 is 10.1 Å². The van der Waals surface area contributed by atoms with Gasteiger partial charge in [-0.05, 0) is 53.9 Å². The summed E-state index contributed by atoms with van der Waals surface area (Å²) in [5.41, 5.74) is 3.93. The number of amides is 2. The lowest BCUT2D eigenvalue weighted by molar-refractivity contribution is -0.123. The first-order valence-electron chi connectivity index (χ1n) is 10.7. The molecule has 8 heteroatoms. The number of carbonyl (C=O) groups excluding carboxylic acids is 2. The fourth-order valence-electron chi connectivity index (χ4n) is 3.07. The van der Waals surface area contributed by atoms with Crippen LogP contribution in [0.25, 0.3) is 0 Å². The number of rotatable bonds is 9. The van der Waals surface area contributed by atoms with E-state index in [1.165, 1.54) is 24.4 Å². The first-order chi connectivity index (χ1) is 16.3. The van der Waals surface area contributed by atoms with Crippen LogP contribution in [0.2, 0.25) is 5.02 Å². The molecule has 3 aromatic carbocycles. The Labute approximate surface area is 202 Å².